The van der Waals surface area contributed by atoms with Crippen molar-refractivity contribution < 1.29 is 4.74 Å². The topological polar surface area (TPSA) is 9.23 Å². The maximum atomic E-state index is 5.70. The van der Waals surface area contributed by atoms with Gasteiger partial charge in [-0.3, -0.25) is 0 Å². The minimum absolute atomic E-state index is 0.110. The third kappa shape index (κ3) is 3.84. The van der Waals surface area contributed by atoms with Gasteiger partial charge in [0, 0.05) is 19.4 Å². The third-order valence-electron chi connectivity index (χ3n) is 2.46. The Labute approximate surface area is 150 Å². The molecule has 2 aromatic rings. The number of rotatable bonds is 4. The van der Waals surface area contributed by atoms with E-state index in [4.69, 9.17) is 4.74 Å². The molecule has 2 rings (SSSR count). The summed E-state index contributed by atoms with van der Waals surface area (Å²) in [6.07, 6.45) is 0. The zero-order valence-electron chi connectivity index (χ0n) is 9.92. The van der Waals surface area contributed by atoms with Gasteiger partial charge in [-0.25, -0.2) is 0 Å². The van der Waals surface area contributed by atoms with Gasteiger partial charge in [-0.1, -0.05) is 31.9 Å². The highest BCUT2D eigenvalue weighted by Crippen LogP contribution is 2.44. The van der Waals surface area contributed by atoms with E-state index < -0.39 is 0 Å². The highest BCUT2D eigenvalue weighted by molar-refractivity contribution is 9.13. The summed E-state index contributed by atoms with van der Waals surface area (Å²) in [4.78, 5) is 1.33. The van der Waals surface area contributed by atoms with Gasteiger partial charge in [0.25, 0.3) is 0 Å². The van der Waals surface area contributed by atoms with Crippen LogP contribution in [0.4, 0.5) is 0 Å². The summed E-state index contributed by atoms with van der Waals surface area (Å²) in [6, 6.07) is 8.19. The summed E-state index contributed by atoms with van der Waals surface area (Å²) in [7, 11) is 0. The Morgan fingerprint density at radius 1 is 1.21 bits per heavy atom. The molecule has 19 heavy (non-hydrogen) atoms. The monoisotopic (exact) mass is 530 g/mol. The van der Waals surface area contributed by atoms with E-state index in [1.807, 2.05) is 19.1 Å². The fourth-order valence-corrected chi connectivity index (χ4v) is 4.88. The maximum absolute atomic E-state index is 5.70. The summed E-state index contributed by atoms with van der Waals surface area (Å²) in [6.45, 7) is 2.65. The van der Waals surface area contributed by atoms with Crippen molar-refractivity contribution in [2.75, 3.05) is 6.61 Å². The van der Waals surface area contributed by atoms with Gasteiger partial charge in [0.2, 0.25) is 0 Å². The van der Waals surface area contributed by atoms with Crippen LogP contribution in [0.1, 0.15) is 22.2 Å². The van der Waals surface area contributed by atoms with Crippen molar-refractivity contribution in [1.82, 2.24) is 0 Å². The number of hydrogen-bond donors (Lipinski definition) is 0. The number of thiophene rings is 1. The van der Waals surface area contributed by atoms with Crippen molar-refractivity contribution in [3.05, 3.63) is 47.4 Å². The molecule has 0 saturated carbocycles. The highest BCUT2D eigenvalue weighted by Gasteiger charge is 2.19. The van der Waals surface area contributed by atoms with Crippen LogP contribution in [0.15, 0.2) is 37.0 Å². The molecule has 0 N–H and O–H groups in total. The molecule has 1 unspecified atom stereocenters. The van der Waals surface area contributed by atoms with Crippen molar-refractivity contribution in [2.24, 2.45) is 0 Å². The lowest BCUT2D eigenvalue weighted by Crippen LogP contribution is -1.99. The van der Waals surface area contributed by atoms with Crippen LogP contribution >= 0.6 is 75.1 Å². The second kappa shape index (κ2) is 7.07. The van der Waals surface area contributed by atoms with E-state index in [2.05, 4.69) is 75.9 Å². The standard InChI is InChI=1S/C13H10Br4OS/c1-2-18-10-4-3-7(14)5-8(10)12(16)11-6-9(15)13(17)19-11/h3-6,12H,2H2,1H3. The zero-order valence-corrected chi connectivity index (χ0v) is 17.1. The van der Waals surface area contributed by atoms with E-state index in [1.54, 1.807) is 11.3 Å². The molecule has 1 heterocycles. The molecule has 0 bridgehead atoms. The lowest BCUT2D eigenvalue weighted by atomic mass is 10.1. The van der Waals surface area contributed by atoms with E-state index in [9.17, 15) is 0 Å². The molecule has 0 aliphatic heterocycles. The highest BCUT2D eigenvalue weighted by atomic mass is 79.9. The van der Waals surface area contributed by atoms with Gasteiger partial charge in [0.05, 0.1) is 15.2 Å². The van der Waals surface area contributed by atoms with Crippen LogP contribution in [0.5, 0.6) is 5.75 Å². The van der Waals surface area contributed by atoms with Crippen LogP contribution in [0.25, 0.3) is 0 Å². The van der Waals surface area contributed by atoms with Crippen molar-refractivity contribution in [3.8, 4) is 5.75 Å². The fourth-order valence-electron chi connectivity index (χ4n) is 1.65. The number of hydrogen-bond acceptors (Lipinski definition) is 2. The Morgan fingerprint density at radius 3 is 2.53 bits per heavy atom. The van der Waals surface area contributed by atoms with Gasteiger partial charge in [0.1, 0.15) is 5.75 Å². The summed E-state index contributed by atoms with van der Waals surface area (Å²) >= 11 is 16.0. The molecular formula is C13H10Br4OS. The molecule has 6 heteroatoms. The predicted octanol–water partition coefficient (Wildman–Crippen LogP) is 6.92. The van der Waals surface area contributed by atoms with Crippen molar-refractivity contribution in [1.29, 1.82) is 0 Å². The first-order valence-electron chi connectivity index (χ1n) is 5.54. The second-order valence-electron chi connectivity index (χ2n) is 3.75. The van der Waals surface area contributed by atoms with Gasteiger partial charge in [-0.2, -0.15) is 0 Å². The van der Waals surface area contributed by atoms with Crippen LogP contribution in [0.2, 0.25) is 0 Å². The molecule has 0 aliphatic carbocycles. The lowest BCUT2D eigenvalue weighted by Gasteiger charge is -2.14. The van der Waals surface area contributed by atoms with Gasteiger partial charge in [0.15, 0.2) is 0 Å². The SMILES string of the molecule is CCOc1ccc(Br)cc1C(Br)c1cc(Br)c(Br)s1. The number of alkyl halides is 1. The quantitative estimate of drug-likeness (QED) is 0.388. The van der Waals surface area contributed by atoms with E-state index in [0.29, 0.717) is 6.61 Å². The number of benzene rings is 1. The summed E-state index contributed by atoms with van der Waals surface area (Å²) in [5.41, 5.74) is 1.12. The predicted molar refractivity (Wildman–Crippen MR) is 95.8 cm³/mol. The Morgan fingerprint density at radius 2 is 1.95 bits per heavy atom. The van der Waals surface area contributed by atoms with Crippen LogP contribution < -0.4 is 4.74 Å². The molecule has 0 saturated heterocycles. The van der Waals surface area contributed by atoms with Gasteiger partial charge < -0.3 is 4.74 Å². The Bertz CT molecular complexity index is 563. The fraction of sp³-hybridized carbons (Fsp3) is 0.231. The van der Waals surface area contributed by atoms with Crippen LogP contribution in [-0.2, 0) is 0 Å². The second-order valence-corrected chi connectivity index (χ2v) is 8.84. The summed E-state index contributed by atoms with van der Waals surface area (Å²) in [5.74, 6) is 0.910. The van der Waals surface area contributed by atoms with E-state index in [1.165, 1.54) is 4.88 Å². The van der Waals surface area contributed by atoms with Crippen LogP contribution in [0.3, 0.4) is 0 Å². The maximum Gasteiger partial charge on any atom is 0.124 e. The normalized spacial score (nSPS) is 12.5. The molecule has 1 aromatic carbocycles. The van der Waals surface area contributed by atoms with Crippen molar-refractivity contribution in [2.45, 2.75) is 11.8 Å². The smallest absolute Gasteiger partial charge is 0.124 e. The largest absolute Gasteiger partial charge is 0.494 e. The Kier molecular flexibility index (Phi) is 5.96. The minimum Gasteiger partial charge on any atom is -0.494 e. The molecular weight excluding hydrogens is 524 g/mol. The molecule has 1 atom stereocenters. The molecule has 0 aliphatic rings. The molecule has 1 aromatic heterocycles. The van der Waals surface area contributed by atoms with Crippen LogP contribution in [-0.4, -0.2) is 6.61 Å². The summed E-state index contributed by atoms with van der Waals surface area (Å²) < 4.78 is 8.92. The first-order valence-corrected chi connectivity index (χ1v) is 9.65. The average molecular weight is 534 g/mol. The molecule has 1 nitrogen and oxygen atoms in total. The molecule has 102 valence electrons. The average Bonchev–Trinajstić information content (AvgIpc) is 2.71. The lowest BCUT2D eigenvalue weighted by molar-refractivity contribution is 0.337. The van der Waals surface area contributed by atoms with Crippen molar-refractivity contribution >= 4 is 75.1 Å². The molecule has 0 amide bonds. The first-order chi connectivity index (χ1) is 9.02. The van der Waals surface area contributed by atoms with Gasteiger partial charge in [-0.15, -0.1) is 11.3 Å². The van der Waals surface area contributed by atoms with E-state index in [0.717, 1.165) is 24.0 Å². The van der Waals surface area contributed by atoms with E-state index >= 15 is 0 Å². The number of halogens is 4. The molecule has 0 radical (unpaired) electrons. The van der Waals surface area contributed by atoms with Gasteiger partial charge in [-0.05, 0) is 63.0 Å². The van der Waals surface area contributed by atoms with E-state index in [-0.39, 0.29) is 4.83 Å². The Hall–Kier alpha value is 0.640. The third-order valence-corrected chi connectivity index (χ3v) is 7.56. The molecule has 0 spiro atoms. The number of ether oxygens (including phenoxy) is 1. The minimum atomic E-state index is 0.110. The summed E-state index contributed by atoms with van der Waals surface area (Å²) in [5, 5.41) is 0. The van der Waals surface area contributed by atoms with Gasteiger partial charge >= 0.3 is 0 Å². The van der Waals surface area contributed by atoms with Crippen molar-refractivity contribution in [3.63, 3.8) is 0 Å². The molecule has 0 fully saturated rings. The zero-order chi connectivity index (χ0) is 14.0. The van der Waals surface area contributed by atoms with Crippen LogP contribution in [0, 0.1) is 0 Å². The Balaban J connectivity index is 2.41. The first kappa shape index (κ1) is 16.0.